The number of carbonyl (C=O) groups is 2. The van der Waals surface area contributed by atoms with Gasteiger partial charge in [-0.1, -0.05) is 6.92 Å². The number of hydrogen-bond donors (Lipinski definition) is 3. The van der Waals surface area contributed by atoms with Crippen molar-refractivity contribution in [1.82, 2.24) is 16.0 Å². The Balaban J connectivity index is 2.37. The molecule has 1 saturated heterocycles. The molecule has 1 fully saturated rings. The second-order valence-electron chi connectivity index (χ2n) is 3.70. The molecule has 2 atom stereocenters. The Morgan fingerprint density at radius 2 is 2.12 bits per heavy atom. The molecule has 1 rings (SSSR count). The highest BCUT2D eigenvalue weighted by Gasteiger charge is 2.33. The molecule has 0 spiro atoms. The highest BCUT2D eigenvalue weighted by molar-refractivity contribution is 5.86. The van der Waals surface area contributed by atoms with Crippen LogP contribution in [0.3, 0.4) is 0 Å². The normalized spacial score (nSPS) is 24.1. The fraction of sp³-hybridized carbons (Fsp3) is 0.800. The van der Waals surface area contributed by atoms with E-state index in [0.717, 1.165) is 6.54 Å². The first-order valence-corrected chi connectivity index (χ1v) is 5.48. The molecule has 92 valence electrons. The van der Waals surface area contributed by atoms with Gasteiger partial charge in [-0.3, -0.25) is 9.59 Å². The zero-order chi connectivity index (χ0) is 12.0. The molecule has 0 bridgehead atoms. The van der Waals surface area contributed by atoms with E-state index in [1.165, 1.54) is 7.05 Å². The van der Waals surface area contributed by atoms with Crippen molar-refractivity contribution in [1.29, 1.82) is 0 Å². The SMILES string of the molecule is CCNC1COCC1C(=O)NCC(=O)NC. The molecule has 2 unspecified atom stereocenters. The van der Waals surface area contributed by atoms with E-state index in [4.69, 9.17) is 4.74 Å². The Labute approximate surface area is 95.1 Å². The third-order valence-corrected chi connectivity index (χ3v) is 2.59. The molecule has 6 heteroatoms. The topological polar surface area (TPSA) is 79.5 Å². The second kappa shape index (κ2) is 6.44. The average Bonchev–Trinajstić information content (AvgIpc) is 2.74. The molecule has 0 aliphatic carbocycles. The van der Waals surface area contributed by atoms with Gasteiger partial charge in [0.05, 0.1) is 25.7 Å². The summed E-state index contributed by atoms with van der Waals surface area (Å²) in [6.45, 7) is 3.76. The van der Waals surface area contributed by atoms with Crippen molar-refractivity contribution >= 4 is 11.8 Å². The van der Waals surface area contributed by atoms with Gasteiger partial charge in [-0.25, -0.2) is 0 Å². The molecular weight excluding hydrogens is 210 g/mol. The average molecular weight is 229 g/mol. The lowest BCUT2D eigenvalue weighted by Gasteiger charge is -2.17. The van der Waals surface area contributed by atoms with Crippen LogP contribution in [0.25, 0.3) is 0 Å². The van der Waals surface area contributed by atoms with Crippen LogP contribution >= 0.6 is 0 Å². The van der Waals surface area contributed by atoms with Crippen molar-refractivity contribution in [2.75, 3.05) is 33.4 Å². The fourth-order valence-corrected chi connectivity index (χ4v) is 1.66. The standard InChI is InChI=1S/C10H19N3O3/c1-3-12-8-6-16-5-7(8)10(15)13-4-9(14)11-2/h7-8,12H,3-6H2,1-2H3,(H,11,14)(H,13,15). The summed E-state index contributed by atoms with van der Waals surface area (Å²) in [5.74, 6) is -0.538. The van der Waals surface area contributed by atoms with Crippen LogP contribution in [0.15, 0.2) is 0 Å². The van der Waals surface area contributed by atoms with E-state index in [0.29, 0.717) is 13.2 Å². The highest BCUT2D eigenvalue weighted by Crippen LogP contribution is 2.13. The van der Waals surface area contributed by atoms with E-state index in [1.54, 1.807) is 0 Å². The zero-order valence-electron chi connectivity index (χ0n) is 9.71. The Morgan fingerprint density at radius 1 is 1.38 bits per heavy atom. The third-order valence-electron chi connectivity index (χ3n) is 2.59. The number of carbonyl (C=O) groups excluding carboxylic acids is 2. The first kappa shape index (κ1) is 12.9. The molecule has 16 heavy (non-hydrogen) atoms. The van der Waals surface area contributed by atoms with Crippen molar-refractivity contribution < 1.29 is 14.3 Å². The van der Waals surface area contributed by atoms with Gasteiger partial charge >= 0.3 is 0 Å². The van der Waals surface area contributed by atoms with Gasteiger partial charge in [-0.2, -0.15) is 0 Å². The molecule has 6 nitrogen and oxygen atoms in total. The summed E-state index contributed by atoms with van der Waals surface area (Å²) in [7, 11) is 1.54. The molecule has 1 aliphatic heterocycles. The van der Waals surface area contributed by atoms with Crippen LogP contribution in [0, 0.1) is 5.92 Å². The molecular formula is C10H19N3O3. The predicted octanol–water partition coefficient (Wildman–Crippen LogP) is -1.53. The van der Waals surface area contributed by atoms with E-state index in [-0.39, 0.29) is 30.3 Å². The minimum atomic E-state index is -0.204. The van der Waals surface area contributed by atoms with Crippen LogP contribution in [-0.2, 0) is 14.3 Å². The third kappa shape index (κ3) is 3.46. The fourth-order valence-electron chi connectivity index (χ4n) is 1.66. The Morgan fingerprint density at radius 3 is 2.75 bits per heavy atom. The van der Waals surface area contributed by atoms with Gasteiger partial charge in [0.15, 0.2) is 0 Å². The van der Waals surface area contributed by atoms with E-state index in [2.05, 4.69) is 16.0 Å². The molecule has 0 aromatic carbocycles. The Hall–Kier alpha value is -1.14. The van der Waals surface area contributed by atoms with Crippen molar-refractivity contribution in [3.63, 3.8) is 0 Å². The van der Waals surface area contributed by atoms with Crippen molar-refractivity contribution in [2.24, 2.45) is 5.92 Å². The maximum atomic E-state index is 11.7. The van der Waals surface area contributed by atoms with Crippen molar-refractivity contribution in [2.45, 2.75) is 13.0 Å². The number of hydrogen-bond acceptors (Lipinski definition) is 4. The summed E-state index contributed by atoms with van der Waals surface area (Å²) in [6.07, 6.45) is 0. The Kier molecular flexibility index (Phi) is 5.21. The minimum Gasteiger partial charge on any atom is -0.379 e. The first-order valence-electron chi connectivity index (χ1n) is 5.48. The van der Waals surface area contributed by atoms with Gasteiger partial charge in [0.2, 0.25) is 11.8 Å². The van der Waals surface area contributed by atoms with Crippen LogP contribution < -0.4 is 16.0 Å². The quantitative estimate of drug-likeness (QED) is 0.534. The molecule has 1 aliphatic rings. The van der Waals surface area contributed by atoms with E-state index < -0.39 is 0 Å². The summed E-state index contributed by atoms with van der Waals surface area (Å²) in [6, 6.07) is 0.0506. The van der Waals surface area contributed by atoms with Crippen LogP contribution in [0.2, 0.25) is 0 Å². The van der Waals surface area contributed by atoms with E-state index in [1.807, 2.05) is 6.92 Å². The van der Waals surface area contributed by atoms with Gasteiger partial charge in [-0.05, 0) is 6.54 Å². The second-order valence-corrected chi connectivity index (χ2v) is 3.70. The monoisotopic (exact) mass is 229 g/mol. The minimum absolute atomic E-state index is 0.0185. The number of nitrogens with one attached hydrogen (secondary N) is 3. The molecule has 0 radical (unpaired) electrons. The lowest BCUT2D eigenvalue weighted by Crippen LogP contribution is -2.46. The van der Waals surface area contributed by atoms with Crippen molar-refractivity contribution in [3.8, 4) is 0 Å². The zero-order valence-corrected chi connectivity index (χ0v) is 9.71. The highest BCUT2D eigenvalue weighted by atomic mass is 16.5. The molecule has 2 amide bonds. The summed E-state index contributed by atoms with van der Waals surface area (Å²) < 4.78 is 5.25. The van der Waals surface area contributed by atoms with Crippen LogP contribution in [0.4, 0.5) is 0 Å². The van der Waals surface area contributed by atoms with E-state index >= 15 is 0 Å². The number of likely N-dealkylation sites (N-methyl/N-ethyl adjacent to an activating group) is 2. The smallest absolute Gasteiger partial charge is 0.239 e. The van der Waals surface area contributed by atoms with E-state index in [9.17, 15) is 9.59 Å². The number of ether oxygens (including phenoxy) is 1. The number of rotatable bonds is 5. The molecule has 0 saturated carbocycles. The van der Waals surface area contributed by atoms with Gasteiger partial charge in [0, 0.05) is 13.1 Å². The molecule has 0 aromatic rings. The number of amides is 2. The summed E-state index contributed by atoms with van der Waals surface area (Å²) in [5, 5.41) is 8.23. The summed E-state index contributed by atoms with van der Waals surface area (Å²) in [4.78, 5) is 22.7. The van der Waals surface area contributed by atoms with Gasteiger partial charge in [0.1, 0.15) is 0 Å². The van der Waals surface area contributed by atoms with Gasteiger partial charge in [-0.15, -0.1) is 0 Å². The molecule has 1 heterocycles. The molecule has 3 N–H and O–H groups in total. The Bertz CT molecular complexity index is 258. The lowest BCUT2D eigenvalue weighted by atomic mass is 10.0. The molecule has 0 aromatic heterocycles. The summed E-state index contributed by atoms with van der Waals surface area (Å²) in [5.41, 5.74) is 0. The maximum absolute atomic E-state index is 11.7. The van der Waals surface area contributed by atoms with Crippen LogP contribution in [-0.4, -0.2) is 51.2 Å². The predicted molar refractivity (Wildman–Crippen MR) is 58.9 cm³/mol. The largest absolute Gasteiger partial charge is 0.379 e. The van der Waals surface area contributed by atoms with Crippen LogP contribution in [0.1, 0.15) is 6.92 Å². The maximum Gasteiger partial charge on any atom is 0.239 e. The van der Waals surface area contributed by atoms with Gasteiger partial charge < -0.3 is 20.7 Å². The van der Waals surface area contributed by atoms with Crippen LogP contribution in [0.5, 0.6) is 0 Å². The van der Waals surface area contributed by atoms with Crippen molar-refractivity contribution in [3.05, 3.63) is 0 Å². The lowest BCUT2D eigenvalue weighted by molar-refractivity contribution is -0.128. The summed E-state index contributed by atoms with van der Waals surface area (Å²) >= 11 is 0. The first-order chi connectivity index (χ1) is 7.69. The van der Waals surface area contributed by atoms with Gasteiger partial charge in [0.25, 0.3) is 0 Å².